The van der Waals surface area contributed by atoms with Gasteiger partial charge in [0.05, 0.1) is 29.5 Å². The molecule has 0 spiro atoms. The van der Waals surface area contributed by atoms with E-state index in [1.807, 2.05) is 26.8 Å². The van der Waals surface area contributed by atoms with Crippen molar-refractivity contribution in [1.29, 1.82) is 10.7 Å². The summed E-state index contributed by atoms with van der Waals surface area (Å²) in [7, 11) is 0. The monoisotopic (exact) mass is 421 g/mol. The van der Waals surface area contributed by atoms with Gasteiger partial charge in [0.25, 0.3) is 0 Å². The van der Waals surface area contributed by atoms with Crippen LogP contribution in [0.1, 0.15) is 58.2 Å². The van der Waals surface area contributed by atoms with Crippen molar-refractivity contribution in [3.63, 3.8) is 0 Å². The summed E-state index contributed by atoms with van der Waals surface area (Å²) in [5.41, 5.74) is 3.18. The maximum Gasteiger partial charge on any atom is 0.248 e. The molecule has 5 nitrogen and oxygen atoms in total. The highest BCUT2D eigenvalue weighted by molar-refractivity contribution is 6.17. The molecule has 6 heteroatoms. The van der Waals surface area contributed by atoms with Gasteiger partial charge in [0.2, 0.25) is 5.56 Å². The van der Waals surface area contributed by atoms with Crippen molar-refractivity contribution < 1.29 is 9.50 Å². The summed E-state index contributed by atoms with van der Waals surface area (Å²) in [5.74, 6) is -0.735. The van der Waals surface area contributed by atoms with Crippen LogP contribution in [0.15, 0.2) is 50.9 Å². The van der Waals surface area contributed by atoms with E-state index in [9.17, 15) is 15.2 Å². The van der Waals surface area contributed by atoms with Crippen LogP contribution in [0, 0.1) is 22.6 Å². The number of hydrogen-bond acceptors (Lipinski definition) is 4. The lowest BCUT2D eigenvalue weighted by atomic mass is 9.83. The van der Waals surface area contributed by atoms with Gasteiger partial charge in [0, 0.05) is 22.6 Å². The first-order valence-corrected chi connectivity index (χ1v) is 10.1. The number of aliphatic hydroxyl groups excluding tert-OH is 1. The number of nitrogens with one attached hydrogen (secondary N) is 2. The number of aromatic nitrogens is 1. The van der Waals surface area contributed by atoms with Gasteiger partial charge < -0.3 is 10.1 Å². The molecule has 0 unspecified atom stereocenters. The molecule has 0 bridgehead atoms. The van der Waals surface area contributed by atoms with E-state index in [1.165, 1.54) is 12.1 Å². The highest BCUT2D eigenvalue weighted by atomic mass is 19.1. The molecule has 1 heterocycles. The van der Waals surface area contributed by atoms with Crippen molar-refractivity contribution in [3.8, 4) is 6.07 Å². The Bertz CT molecular complexity index is 1250. The molecular weight excluding hydrogens is 393 g/mol. The Labute approximate surface area is 181 Å². The first kappa shape index (κ1) is 24.0. The average molecular weight is 422 g/mol. The number of halogens is 1. The molecule has 0 radical (unpaired) electrons. The van der Waals surface area contributed by atoms with Crippen LogP contribution >= 0.6 is 0 Å². The number of pyridine rings is 1. The molecule has 0 atom stereocenters. The number of aliphatic hydroxyl groups is 1. The van der Waals surface area contributed by atoms with E-state index in [2.05, 4.69) is 11.1 Å². The Kier molecular flexibility index (Phi) is 7.48. The van der Waals surface area contributed by atoms with Gasteiger partial charge in [-0.3, -0.25) is 10.2 Å². The third kappa shape index (κ3) is 4.28. The number of allylic oxidation sites excluding steroid dienone is 6. The van der Waals surface area contributed by atoms with Crippen molar-refractivity contribution in [3.05, 3.63) is 78.9 Å². The van der Waals surface area contributed by atoms with Crippen LogP contribution in [0.2, 0.25) is 0 Å². The normalized spacial score (nSPS) is 12.4. The van der Waals surface area contributed by atoms with Gasteiger partial charge >= 0.3 is 0 Å². The zero-order valence-electron chi connectivity index (χ0n) is 18.8. The molecule has 0 fully saturated rings. The molecule has 0 aliphatic heterocycles. The van der Waals surface area contributed by atoms with E-state index in [0.717, 1.165) is 5.57 Å². The van der Waals surface area contributed by atoms with E-state index in [1.54, 1.807) is 20.8 Å². The number of nitriles is 1. The smallest absolute Gasteiger partial charge is 0.248 e. The summed E-state index contributed by atoms with van der Waals surface area (Å²) >= 11 is 0. The second kappa shape index (κ2) is 9.67. The molecular formula is C25H28FN3O2. The first-order chi connectivity index (χ1) is 14.6. The molecule has 2 aromatic rings. The predicted molar refractivity (Wildman–Crippen MR) is 123 cm³/mol. The van der Waals surface area contributed by atoms with Gasteiger partial charge in [-0.15, -0.1) is 0 Å². The van der Waals surface area contributed by atoms with E-state index < -0.39 is 11.4 Å². The fraction of sp³-hybridized carbons (Fsp3) is 0.320. The summed E-state index contributed by atoms with van der Waals surface area (Å²) in [5, 5.41) is 29.3. The van der Waals surface area contributed by atoms with Gasteiger partial charge in [-0.1, -0.05) is 24.1 Å². The lowest BCUT2D eigenvalue weighted by Crippen LogP contribution is -2.17. The zero-order valence-corrected chi connectivity index (χ0v) is 18.8. The summed E-state index contributed by atoms with van der Waals surface area (Å²) in [4.78, 5) is 14.4. The molecule has 0 amide bonds. The number of aromatic amines is 1. The SMILES string of the molecule is C/C=C(C)\C(C)=C(/C(=N)c1c(CC)c(CO)c2ccc(=O)[nH]c2c1F)C(C#N)=C(C)C. The molecule has 0 aliphatic carbocycles. The fourth-order valence-electron chi connectivity index (χ4n) is 3.76. The Morgan fingerprint density at radius 2 is 1.90 bits per heavy atom. The molecule has 162 valence electrons. The average Bonchev–Trinajstić information content (AvgIpc) is 2.75. The third-order valence-electron chi connectivity index (χ3n) is 5.62. The van der Waals surface area contributed by atoms with Gasteiger partial charge in [-0.05, 0) is 63.8 Å². The molecule has 1 aromatic heterocycles. The van der Waals surface area contributed by atoms with Crippen molar-refractivity contribution in [1.82, 2.24) is 4.98 Å². The maximum absolute atomic E-state index is 15.8. The molecule has 1 aromatic carbocycles. The third-order valence-corrected chi connectivity index (χ3v) is 5.62. The molecule has 0 aliphatic rings. The van der Waals surface area contributed by atoms with Crippen LogP contribution in [0.25, 0.3) is 10.9 Å². The van der Waals surface area contributed by atoms with E-state index >= 15 is 4.39 Å². The maximum atomic E-state index is 15.8. The standard InChI is InChI=1S/C25H28FN3O2/c1-7-14(5)15(6)21(18(11-27)13(3)4)24(28)22-16(8-2)19(12-30)17-9-10-20(31)29-25(17)23(22)26/h7,9-10,28,30H,8,12H2,1-6H3,(H,29,31)/b14-7-,21-15-,28-24?. The van der Waals surface area contributed by atoms with Gasteiger partial charge in [0.1, 0.15) is 0 Å². The Balaban J connectivity index is 3.09. The van der Waals surface area contributed by atoms with Crippen LogP contribution < -0.4 is 5.56 Å². The summed E-state index contributed by atoms with van der Waals surface area (Å²) in [6.07, 6.45) is 2.24. The number of hydrogen-bond donors (Lipinski definition) is 3. The topological polar surface area (TPSA) is 101 Å². The van der Waals surface area contributed by atoms with Crippen LogP contribution in [0.5, 0.6) is 0 Å². The predicted octanol–water partition coefficient (Wildman–Crippen LogP) is 5.23. The van der Waals surface area contributed by atoms with Crippen LogP contribution in [-0.4, -0.2) is 15.8 Å². The molecule has 0 saturated carbocycles. The highest BCUT2D eigenvalue weighted by Gasteiger charge is 2.26. The lowest BCUT2D eigenvalue weighted by molar-refractivity contribution is 0.282. The summed E-state index contributed by atoms with van der Waals surface area (Å²) in [6, 6.07) is 4.94. The Hall–Kier alpha value is -3.30. The minimum atomic E-state index is -0.735. The van der Waals surface area contributed by atoms with Crippen molar-refractivity contribution in [2.45, 2.75) is 54.6 Å². The number of fused-ring (bicyclic) bond motifs is 1. The van der Waals surface area contributed by atoms with E-state index in [0.29, 0.717) is 45.2 Å². The fourth-order valence-corrected chi connectivity index (χ4v) is 3.76. The molecule has 31 heavy (non-hydrogen) atoms. The molecule has 3 N–H and O–H groups in total. The second-order valence-corrected chi connectivity index (χ2v) is 7.60. The minimum Gasteiger partial charge on any atom is -0.392 e. The lowest BCUT2D eigenvalue weighted by Gasteiger charge is -2.21. The van der Waals surface area contributed by atoms with Gasteiger partial charge in [0.15, 0.2) is 5.82 Å². The van der Waals surface area contributed by atoms with Crippen LogP contribution in [-0.2, 0) is 13.0 Å². The highest BCUT2D eigenvalue weighted by Crippen LogP contribution is 2.34. The second-order valence-electron chi connectivity index (χ2n) is 7.60. The van der Waals surface area contributed by atoms with Crippen molar-refractivity contribution in [2.75, 3.05) is 0 Å². The summed E-state index contributed by atoms with van der Waals surface area (Å²) < 4.78 is 15.8. The van der Waals surface area contributed by atoms with Gasteiger partial charge in [-0.2, -0.15) is 5.26 Å². The Morgan fingerprint density at radius 1 is 1.26 bits per heavy atom. The minimum absolute atomic E-state index is 0.00634. The van der Waals surface area contributed by atoms with Gasteiger partial charge in [-0.25, -0.2) is 4.39 Å². The zero-order chi connectivity index (χ0) is 23.5. The van der Waals surface area contributed by atoms with E-state index in [4.69, 9.17) is 5.41 Å². The molecule has 0 saturated heterocycles. The largest absolute Gasteiger partial charge is 0.392 e. The Morgan fingerprint density at radius 3 is 2.39 bits per heavy atom. The van der Waals surface area contributed by atoms with E-state index in [-0.39, 0.29) is 23.4 Å². The number of rotatable bonds is 6. The number of nitrogens with zero attached hydrogens (tertiary/aromatic N) is 1. The first-order valence-electron chi connectivity index (χ1n) is 10.1. The van der Waals surface area contributed by atoms with Crippen LogP contribution in [0.3, 0.4) is 0 Å². The molecule has 2 rings (SSSR count). The number of benzene rings is 1. The summed E-state index contributed by atoms with van der Waals surface area (Å²) in [6.45, 7) is 10.5. The van der Waals surface area contributed by atoms with Crippen molar-refractivity contribution in [2.24, 2.45) is 0 Å². The number of H-pyrrole nitrogens is 1. The van der Waals surface area contributed by atoms with Crippen LogP contribution in [0.4, 0.5) is 4.39 Å². The quantitative estimate of drug-likeness (QED) is 0.338. The van der Waals surface area contributed by atoms with Crippen molar-refractivity contribution >= 4 is 16.6 Å².